The van der Waals surface area contributed by atoms with E-state index in [1.165, 1.54) is 16.8 Å². The van der Waals surface area contributed by atoms with E-state index in [2.05, 4.69) is 5.32 Å². The first-order chi connectivity index (χ1) is 13.4. The smallest absolute Gasteiger partial charge is 0.410 e. The average Bonchev–Trinajstić information content (AvgIpc) is 3.03. The lowest BCUT2D eigenvalue weighted by atomic mass is 9.98. The molecule has 29 heavy (non-hydrogen) atoms. The molecule has 0 aromatic carbocycles. The zero-order valence-corrected chi connectivity index (χ0v) is 17.9. The largest absolute Gasteiger partial charge is 0.480 e. The predicted octanol–water partition coefficient (Wildman–Crippen LogP) is 1.74. The number of nitrogens with zero attached hydrogens (tertiary/aromatic N) is 2. The van der Waals surface area contributed by atoms with Gasteiger partial charge in [0.1, 0.15) is 23.7 Å². The number of amides is 3. The molecule has 0 spiro atoms. The van der Waals surface area contributed by atoms with E-state index < -0.39 is 41.7 Å². The highest BCUT2D eigenvalue weighted by Crippen LogP contribution is 2.31. The van der Waals surface area contributed by atoms with Gasteiger partial charge in [0.2, 0.25) is 11.8 Å². The second kappa shape index (κ2) is 9.00. The predicted molar refractivity (Wildman–Crippen MR) is 105 cm³/mol. The highest BCUT2D eigenvalue weighted by Gasteiger charge is 2.44. The number of carboxylic acids is 1. The number of carboxylic acid groups (broad SMARTS) is 1. The third kappa shape index (κ3) is 5.61. The second-order valence-electron chi connectivity index (χ2n) is 8.94. The summed E-state index contributed by atoms with van der Waals surface area (Å²) in [4.78, 5) is 52.2. The molecular formula is C20H33N3O6. The molecule has 2 aliphatic heterocycles. The maximum absolute atomic E-state index is 13.1. The van der Waals surface area contributed by atoms with Gasteiger partial charge in [0.05, 0.1) is 0 Å². The Balaban J connectivity index is 2.08. The minimum atomic E-state index is -1.01. The van der Waals surface area contributed by atoms with Crippen LogP contribution in [0.15, 0.2) is 0 Å². The number of hydrogen-bond acceptors (Lipinski definition) is 5. The van der Waals surface area contributed by atoms with Gasteiger partial charge in [-0.05, 0) is 53.4 Å². The van der Waals surface area contributed by atoms with Gasteiger partial charge in [0.15, 0.2) is 0 Å². The van der Waals surface area contributed by atoms with Crippen LogP contribution < -0.4 is 5.32 Å². The summed E-state index contributed by atoms with van der Waals surface area (Å²) in [6.07, 6.45) is 3.35. The van der Waals surface area contributed by atoms with Gasteiger partial charge in [-0.1, -0.05) is 12.8 Å². The summed E-state index contributed by atoms with van der Waals surface area (Å²) in [6.45, 7) is 6.78. The zero-order chi connectivity index (χ0) is 21.9. The number of aliphatic carboxylic acids is 1. The van der Waals surface area contributed by atoms with E-state index in [4.69, 9.17) is 4.74 Å². The van der Waals surface area contributed by atoms with E-state index in [1.807, 2.05) is 0 Å². The van der Waals surface area contributed by atoms with Crippen LogP contribution in [0.4, 0.5) is 4.79 Å². The topological polar surface area (TPSA) is 116 Å². The second-order valence-corrected chi connectivity index (χ2v) is 8.94. The molecule has 2 heterocycles. The van der Waals surface area contributed by atoms with Gasteiger partial charge >= 0.3 is 12.1 Å². The van der Waals surface area contributed by atoms with E-state index in [9.17, 15) is 24.3 Å². The Labute approximate surface area is 171 Å². The van der Waals surface area contributed by atoms with E-state index in [-0.39, 0.29) is 11.9 Å². The fourth-order valence-corrected chi connectivity index (χ4v) is 3.87. The third-order valence-electron chi connectivity index (χ3n) is 5.58. The van der Waals surface area contributed by atoms with Crippen molar-refractivity contribution in [2.45, 2.75) is 96.0 Å². The lowest BCUT2D eigenvalue weighted by molar-refractivity contribution is -0.151. The summed E-state index contributed by atoms with van der Waals surface area (Å²) < 4.78 is 5.28. The number of nitrogens with one attached hydrogen (secondary N) is 1. The van der Waals surface area contributed by atoms with Crippen LogP contribution in [0.5, 0.6) is 0 Å². The Bertz CT molecular complexity index is 659. The molecule has 0 aromatic rings. The van der Waals surface area contributed by atoms with Gasteiger partial charge in [-0.3, -0.25) is 14.5 Å². The Morgan fingerprint density at radius 3 is 2.38 bits per heavy atom. The van der Waals surface area contributed by atoms with E-state index in [0.717, 1.165) is 19.3 Å². The Kier molecular flexibility index (Phi) is 7.13. The van der Waals surface area contributed by atoms with Crippen LogP contribution in [0.25, 0.3) is 0 Å². The van der Waals surface area contributed by atoms with Crippen molar-refractivity contribution in [3.8, 4) is 0 Å². The summed E-state index contributed by atoms with van der Waals surface area (Å²) in [7, 11) is 1.47. The van der Waals surface area contributed by atoms with Crippen molar-refractivity contribution < 1.29 is 29.0 Å². The molecule has 0 aliphatic carbocycles. The molecule has 2 N–H and O–H groups in total. The number of rotatable bonds is 4. The average molecular weight is 411 g/mol. The van der Waals surface area contributed by atoms with Crippen LogP contribution in [-0.2, 0) is 19.1 Å². The first-order valence-corrected chi connectivity index (χ1v) is 10.2. The molecule has 2 fully saturated rings. The van der Waals surface area contributed by atoms with Crippen LogP contribution in [0.2, 0.25) is 0 Å². The number of hydrogen-bond donors (Lipinski definition) is 2. The molecule has 2 rings (SSSR count). The summed E-state index contributed by atoms with van der Waals surface area (Å²) in [5.41, 5.74) is -0.687. The summed E-state index contributed by atoms with van der Waals surface area (Å²) in [5, 5.41) is 12.2. The van der Waals surface area contributed by atoms with E-state index >= 15 is 0 Å². The van der Waals surface area contributed by atoms with Crippen LogP contribution in [0.3, 0.4) is 0 Å². The van der Waals surface area contributed by atoms with Gasteiger partial charge in [0.25, 0.3) is 0 Å². The first-order valence-electron chi connectivity index (χ1n) is 10.2. The monoisotopic (exact) mass is 411 g/mol. The van der Waals surface area contributed by atoms with Crippen molar-refractivity contribution in [2.24, 2.45) is 0 Å². The number of carbonyl (C=O) groups excluding carboxylic acids is 3. The highest BCUT2D eigenvalue weighted by molar-refractivity contribution is 5.93. The quantitative estimate of drug-likeness (QED) is 0.728. The summed E-state index contributed by atoms with van der Waals surface area (Å²) in [5.74, 6) is -1.83. The maximum atomic E-state index is 13.1. The standard InChI is InChI=1S/C20H33N3O6/c1-12(22(5)19(28)29-20(2,3)4)16(24)21-14-9-7-6-8-13-10-11-15(18(26)27)23(13)17(14)25/h12-15H,6-11H2,1-5H3,(H,21,24)(H,26,27)/t12-,13-,14?,15?/m0/s1. The Hall–Kier alpha value is -2.32. The van der Waals surface area contributed by atoms with Crippen LogP contribution in [0.1, 0.15) is 66.2 Å². The molecule has 3 amide bonds. The molecule has 164 valence electrons. The molecule has 2 unspecified atom stereocenters. The molecule has 0 radical (unpaired) electrons. The first kappa shape index (κ1) is 23.0. The van der Waals surface area contributed by atoms with Crippen LogP contribution in [0, 0.1) is 0 Å². The molecule has 2 aliphatic rings. The fraction of sp³-hybridized carbons (Fsp3) is 0.800. The lowest BCUT2D eigenvalue weighted by Crippen LogP contribution is -2.57. The zero-order valence-electron chi connectivity index (χ0n) is 17.9. The Morgan fingerprint density at radius 1 is 1.17 bits per heavy atom. The summed E-state index contributed by atoms with van der Waals surface area (Å²) >= 11 is 0. The lowest BCUT2D eigenvalue weighted by Gasteiger charge is -2.35. The van der Waals surface area contributed by atoms with Crippen molar-refractivity contribution in [3.05, 3.63) is 0 Å². The molecule has 2 saturated heterocycles. The van der Waals surface area contributed by atoms with Crippen molar-refractivity contribution in [1.29, 1.82) is 0 Å². The number of likely N-dealkylation sites (N-methyl/N-ethyl adjacent to an activating group) is 1. The molecule has 0 saturated carbocycles. The summed E-state index contributed by atoms with van der Waals surface area (Å²) in [6, 6.07) is -2.57. The van der Waals surface area contributed by atoms with Crippen molar-refractivity contribution in [1.82, 2.24) is 15.1 Å². The molecule has 9 heteroatoms. The van der Waals surface area contributed by atoms with Gasteiger partial charge in [-0.15, -0.1) is 0 Å². The normalized spacial score (nSPS) is 26.0. The SMILES string of the molecule is C[C@@H](C(=O)NC1CCCC[C@H]2CCC(C(=O)O)N2C1=O)N(C)C(=O)OC(C)(C)C. The molecule has 0 bridgehead atoms. The van der Waals surface area contributed by atoms with Crippen molar-refractivity contribution in [3.63, 3.8) is 0 Å². The van der Waals surface area contributed by atoms with Gasteiger partial charge in [-0.2, -0.15) is 0 Å². The third-order valence-corrected chi connectivity index (χ3v) is 5.58. The van der Waals surface area contributed by atoms with E-state index in [1.54, 1.807) is 27.7 Å². The number of fused-ring (bicyclic) bond motifs is 1. The van der Waals surface area contributed by atoms with Crippen molar-refractivity contribution in [2.75, 3.05) is 7.05 Å². The van der Waals surface area contributed by atoms with E-state index in [0.29, 0.717) is 19.3 Å². The minimum Gasteiger partial charge on any atom is -0.480 e. The van der Waals surface area contributed by atoms with Crippen LogP contribution >= 0.6 is 0 Å². The Morgan fingerprint density at radius 2 is 1.79 bits per heavy atom. The molecule has 4 atom stereocenters. The van der Waals surface area contributed by atoms with Gasteiger partial charge in [-0.25, -0.2) is 9.59 Å². The maximum Gasteiger partial charge on any atom is 0.410 e. The molecular weight excluding hydrogens is 378 g/mol. The van der Waals surface area contributed by atoms with Gasteiger partial charge < -0.3 is 20.1 Å². The number of carbonyl (C=O) groups is 4. The molecule has 0 aromatic heterocycles. The number of ether oxygens (including phenoxy) is 1. The fourth-order valence-electron chi connectivity index (χ4n) is 3.87. The molecule has 9 nitrogen and oxygen atoms in total. The highest BCUT2D eigenvalue weighted by atomic mass is 16.6. The van der Waals surface area contributed by atoms with Crippen molar-refractivity contribution >= 4 is 23.9 Å². The van der Waals surface area contributed by atoms with Gasteiger partial charge in [0, 0.05) is 13.1 Å². The minimum absolute atomic E-state index is 0.0924. The van der Waals surface area contributed by atoms with Crippen LogP contribution in [-0.4, -0.2) is 75.6 Å².